The predicted molar refractivity (Wildman–Crippen MR) is 81.1 cm³/mol. The van der Waals surface area contributed by atoms with Crippen molar-refractivity contribution in [2.45, 2.75) is 6.18 Å². The summed E-state index contributed by atoms with van der Waals surface area (Å²) in [6, 6.07) is 12.9. The van der Waals surface area contributed by atoms with E-state index in [1.807, 2.05) is 36.4 Å². The molecule has 3 aromatic rings. The summed E-state index contributed by atoms with van der Waals surface area (Å²) >= 11 is 0. The van der Waals surface area contributed by atoms with Gasteiger partial charge in [0.15, 0.2) is 0 Å². The summed E-state index contributed by atoms with van der Waals surface area (Å²) in [6.07, 6.45) is -0.386. The van der Waals surface area contributed by atoms with Gasteiger partial charge in [0.05, 0.1) is 16.8 Å². The molecule has 0 bridgehead atoms. The molecule has 2 aromatic carbocycles. The summed E-state index contributed by atoms with van der Waals surface area (Å²) in [6.45, 7) is 0. The highest BCUT2D eigenvalue weighted by Crippen LogP contribution is 2.35. The second-order valence-corrected chi connectivity index (χ2v) is 5.25. The molecule has 0 radical (unpaired) electrons. The van der Waals surface area contributed by atoms with Crippen molar-refractivity contribution in [3.63, 3.8) is 0 Å². The van der Waals surface area contributed by atoms with Crippen molar-refractivity contribution in [1.29, 1.82) is 0 Å². The normalized spacial score (nSPS) is 13.0. The van der Waals surface area contributed by atoms with Crippen LogP contribution in [0.25, 0.3) is 34.3 Å². The van der Waals surface area contributed by atoms with E-state index in [2.05, 4.69) is 4.98 Å². The van der Waals surface area contributed by atoms with Crippen molar-refractivity contribution < 1.29 is 13.2 Å². The molecule has 1 heterocycles. The third-order valence-corrected chi connectivity index (χ3v) is 3.82. The van der Waals surface area contributed by atoms with Gasteiger partial charge in [0, 0.05) is 10.9 Å². The fraction of sp³-hybridized carbons (Fsp3) is 0.0556. The van der Waals surface area contributed by atoms with Crippen LogP contribution in [0.3, 0.4) is 0 Å². The van der Waals surface area contributed by atoms with E-state index in [-0.39, 0.29) is 0 Å². The number of halogens is 3. The summed E-state index contributed by atoms with van der Waals surface area (Å²) < 4.78 is 38.6. The highest BCUT2D eigenvalue weighted by Gasteiger charge is 2.30. The van der Waals surface area contributed by atoms with Gasteiger partial charge in [0.2, 0.25) is 0 Å². The van der Waals surface area contributed by atoms with Gasteiger partial charge in [-0.05, 0) is 35.4 Å². The van der Waals surface area contributed by atoms with E-state index < -0.39 is 11.7 Å². The Morgan fingerprint density at radius 1 is 0.818 bits per heavy atom. The molecule has 108 valence electrons. The number of alkyl halides is 3. The third-order valence-electron chi connectivity index (χ3n) is 3.82. The molecule has 1 aromatic heterocycles. The number of aromatic nitrogens is 1. The highest BCUT2D eigenvalue weighted by atomic mass is 19.4. The molecule has 0 saturated heterocycles. The summed E-state index contributed by atoms with van der Waals surface area (Å²) in [5.74, 6) is 0. The van der Waals surface area contributed by atoms with Crippen LogP contribution in [0.5, 0.6) is 0 Å². The largest absolute Gasteiger partial charge is 0.416 e. The number of hydrogen-bond acceptors (Lipinski definition) is 1. The predicted octanol–water partition coefficient (Wildman–Crippen LogP) is 5.40. The number of benzene rings is 2. The molecule has 0 N–H and O–H groups in total. The molecule has 0 saturated carbocycles. The van der Waals surface area contributed by atoms with Crippen LogP contribution in [0.2, 0.25) is 0 Å². The molecule has 0 fully saturated rings. The number of nitrogens with zero attached hydrogens (tertiary/aromatic N) is 1. The van der Waals surface area contributed by atoms with Crippen molar-refractivity contribution in [3.8, 4) is 11.3 Å². The standard InChI is InChI=1S/C18H10F3N/c19-18(20,21)14-5-1-4-12(9-14)16-10-13-8-7-11-3-2-6-15(22-16)17(11)13/h1-10H. The van der Waals surface area contributed by atoms with Crippen LogP contribution in [0.4, 0.5) is 13.2 Å². The Labute approximate surface area is 124 Å². The summed E-state index contributed by atoms with van der Waals surface area (Å²) in [5.41, 5.74) is 3.25. The molecule has 1 aliphatic rings. The van der Waals surface area contributed by atoms with Crippen molar-refractivity contribution in [2.24, 2.45) is 0 Å². The van der Waals surface area contributed by atoms with E-state index in [0.717, 1.165) is 34.2 Å². The first kappa shape index (κ1) is 13.1. The Morgan fingerprint density at radius 2 is 1.59 bits per heavy atom. The van der Waals surface area contributed by atoms with E-state index >= 15 is 0 Å². The summed E-state index contributed by atoms with van der Waals surface area (Å²) in [5, 5.41) is 1.05. The van der Waals surface area contributed by atoms with Gasteiger partial charge in [0.25, 0.3) is 0 Å². The minimum absolute atomic E-state index is 0.471. The molecular weight excluding hydrogens is 287 g/mol. The lowest BCUT2D eigenvalue weighted by atomic mass is 10.0. The molecule has 4 heteroatoms. The second kappa shape index (κ2) is 4.44. The van der Waals surface area contributed by atoms with Crippen LogP contribution < -0.4 is 0 Å². The van der Waals surface area contributed by atoms with Gasteiger partial charge in [-0.2, -0.15) is 13.2 Å². The van der Waals surface area contributed by atoms with Crippen LogP contribution in [0, 0.1) is 0 Å². The average Bonchev–Trinajstić information content (AvgIpc) is 2.92. The van der Waals surface area contributed by atoms with Gasteiger partial charge in [0.1, 0.15) is 0 Å². The third kappa shape index (κ3) is 1.99. The molecule has 1 aliphatic carbocycles. The van der Waals surface area contributed by atoms with Crippen molar-refractivity contribution in [2.75, 3.05) is 0 Å². The second-order valence-electron chi connectivity index (χ2n) is 5.25. The van der Waals surface area contributed by atoms with Crippen LogP contribution in [-0.2, 0) is 6.18 Å². The number of pyridine rings is 1. The molecule has 4 rings (SSSR count). The topological polar surface area (TPSA) is 12.9 Å². The molecule has 0 spiro atoms. The monoisotopic (exact) mass is 297 g/mol. The minimum atomic E-state index is -4.35. The first-order chi connectivity index (χ1) is 10.5. The molecule has 0 unspecified atom stereocenters. The molecule has 22 heavy (non-hydrogen) atoms. The van der Waals surface area contributed by atoms with Crippen molar-refractivity contribution in [1.82, 2.24) is 4.98 Å². The number of hydrogen-bond donors (Lipinski definition) is 0. The summed E-state index contributed by atoms with van der Waals surface area (Å²) in [7, 11) is 0. The maximum absolute atomic E-state index is 12.9. The van der Waals surface area contributed by atoms with Gasteiger partial charge in [-0.15, -0.1) is 0 Å². The minimum Gasteiger partial charge on any atom is -0.248 e. The Morgan fingerprint density at radius 3 is 2.41 bits per heavy atom. The zero-order valence-corrected chi connectivity index (χ0v) is 11.4. The van der Waals surface area contributed by atoms with E-state index in [4.69, 9.17) is 0 Å². The first-order valence-electron chi connectivity index (χ1n) is 6.82. The Bertz CT molecular complexity index is 923. The Hall–Kier alpha value is -2.62. The lowest BCUT2D eigenvalue weighted by molar-refractivity contribution is -0.137. The van der Waals surface area contributed by atoms with E-state index in [1.54, 1.807) is 6.07 Å². The molecule has 1 nitrogen and oxygen atoms in total. The average molecular weight is 297 g/mol. The lowest BCUT2D eigenvalue weighted by Crippen LogP contribution is -2.04. The van der Waals surface area contributed by atoms with Crippen LogP contribution in [-0.4, -0.2) is 4.98 Å². The maximum atomic E-state index is 12.9. The quantitative estimate of drug-likeness (QED) is 0.458. The fourth-order valence-electron chi connectivity index (χ4n) is 2.80. The Balaban J connectivity index is 1.92. The van der Waals surface area contributed by atoms with E-state index in [1.165, 1.54) is 6.07 Å². The zero-order valence-electron chi connectivity index (χ0n) is 11.4. The van der Waals surface area contributed by atoms with Crippen molar-refractivity contribution >= 4 is 23.1 Å². The maximum Gasteiger partial charge on any atom is 0.416 e. The fourth-order valence-corrected chi connectivity index (χ4v) is 2.80. The molecule has 0 aliphatic heterocycles. The molecule has 0 atom stereocenters. The first-order valence-corrected chi connectivity index (χ1v) is 6.82. The smallest absolute Gasteiger partial charge is 0.248 e. The molecular formula is C18H10F3N. The Kier molecular flexibility index (Phi) is 2.64. The van der Waals surface area contributed by atoms with Crippen LogP contribution in [0.1, 0.15) is 16.7 Å². The highest BCUT2D eigenvalue weighted by molar-refractivity contribution is 6.04. The summed E-state index contributed by atoms with van der Waals surface area (Å²) in [4.78, 5) is 4.52. The van der Waals surface area contributed by atoms with Gasteiger partial charge in [-0.1, -0.05) is 36.4 Å². The van der Waals surface area contributed by atoms with E-state index in [9.17, 15) is 13.2 Å². The van der Waals surface area contributed by atoms with Crippen LogP contribution >= 0.6 is 0 Å². The lowest BCUT2D eigenvalue weighted by Gasteiger charge is -2.10. The molecule has 0 amide bonds. The van der Waals surface area contributed by atoms with Gasteiger partial charge in [-0.25, -0.2) is 4.98 Å². The SMILES string of the molecule is FC(F)(F)c1cccc(-c2cc3c4c(cccc4n2)C=C3)c1. The number of rotatable bonds is 1. The van der Waals surface area contributed by atoms with Crippen LogP contribution in [0.15, 0.2) is 48.5 Å². The van der Waals surface area contributed by atoms with Gasteiger partial charge in [-0.3, -0.25) is 0 Å². The van der Waals surface area contributed by atoms with E-state index in [0.29, 0.717) is 11.3 Å². The van der Waals surface area contributed by atoms with Gasteiger partial charge < -0.3 is 0 Å². The van der Waals surface area contributed by atoms with Gasteiger partial charge >= 0.3 is 6.18 Å². The van der Waals surface area contributed by atoms with Crippen molar-refractivity contribution in [3.05, 3.63) is 65.2 Å². The zero-order chi connectivity index (χ0) is 15.3.